The van der Waals surface area contributed by atoms with Gasteiger partial charge in [0.15, 0.2) is 6.29 Å². The van der Waals surface area contributed by atoms with E-state index in [1.54, 1.807) is 6.92 Å². The quantitative estimate of drug-likeness (QED) is 0.653. The summed E-state index contributed by atoms with van der Waals surface area (Å²) in [6.45, 7) is 5.70. The number of hydrogen-bond acceptors (Lipinski definition) is 3. The standard InChI is InChI=1S/C9H18O3/c1-4-9(3)5-7(6(2)10)12-8(9)11/h6-8,10-11H,4-5H2,1-3H3. The van der Waals surface area contributed by atoms with E-state index in [0.29, 0.717) is 0 Å². The van der Waals surface area contributed by atoms with Crippen LogP contribution in [0.4, 0.5) is 0 Å². The van der Waals surface area contributed by atoms with E-state index in [-0.39, 0.29) is 11.5 Å². The highest BCUT2D eigenvalue weighted by Gasteiger charge is 2.44. The van der Waals surface area contributed by atoms with Gasteiger partial charge >= 0.3 is 0 Å². The van der Waals surface area contributed by atoms with Gasteiger partial charge < -0.3 is 14.9 Å². The SMILES string of the molecule is CCC1(C)CC(C(C)O)OC1O. The second-order valence-electron chi connectivity index (χ2n) is 3.98. The minimum atomic E-state index is -0.720. The van der Waals surface area contributed by atoms with Gasteiger partial charge in [0.25, 0.3) is 0 Å². The smallest absolute Gasteiger partial charge is 0.160 e. The van der Waals surface area contributed by atoms with Crippen molar-refractivity contribution in [1.82, 2.24) is 0 Å². The van der Waals surface area contributed by atoms with E-state index < -0.39 is 12.4 Å². The molecule has 0 saturated carbocycles. The average Bonchev–Trinajstić information content (AvgIpc) is 2.30. The summed E-state index contributed by atoms with van der Waals surface area (Å²) in [6.07, 6.45) is 0.194. The lowest BCUT2D eigenvalue weighted by Crippen LogP contribution is -2.26. The molecule has 1 aliphatic rings. The van der Waals surface area contributed by atoms with Crippen molar-refractivity contribution < 1.29 is 14.9 Å². The van der Waals surface area contributed by atoms with E-state index in [0.717, 1.165) is 12.8 Å². The van der Waals surface area contributed by atoms with Crippen LogP contribution in [-0.4, -0.2) is 28.7 Å². The first-order valence-corrected chi connectivity index (χ1v) is 4.51. The van der Waals surface area contributed by atoms with Crippen molar-refractivity contribution >= 4 is 0 Å². The molecular formula is C9H18O3. The number of aliphatic hydroxyl groups is 2. The molecule has 1 fully saturated rings. The number of aliphatic hydroxyl groups excluding tert-OH is 2. The van der Waals surface area contributed by atoms with Crippen LogP contribution in [0.25, 0.3) is 0 Å². The zero-order chi connectivity index (χ0) is 9.35. The topological polar surface area (TPSA) is 49.7 Å². The van der Waals surface area contributed by atoms with Gasteiger partial charge in [-0.1, -0.05) is 13.8 Å². The first kappa shape index (κ1) is 9.96. The van der Waals surface area contributed by atoms with Crippen LogP contribution in [-0.2, 0) is 4.74 Å². The fourth-order valence-corrected chi connectivity index (χ4v) is 1.54. The minimum Gasteiger partial charge on any atom is -0.391 e. The summed E-state index contributed by atoms with van der Waals surface area (Å²) >= 11 is 0. The van der Waals surface area contributed by atoms with Crippen LogP contribution in [0.3, 0.4) is 0 Å². The molecule has 1 aliphatic heterocycles. The average molecular weight is 174 g/mol. The maximum atomic E-state index is 9.53. The van der Waals surface area contributed by atoms with Crippen molar-refractivity contribution in [2.75, 3.05) is 0 Å². The van der Waals surface area contributed by atoms with E-state index in [1.807, 2.05) is 13.8 Å². The summed E-state index contributed by atoms with van der Waals surface area (Å²) in [6, 6.07) is 0. The second kappa shape index (κ2) is 3.32. The molecule has 2 N–H and O–H groups in total. The van der Waals surface area contributed by atoms with E-state index in [9.17, 15) is 10.2 Å². The Morgan fingerprint density at radius 2 is 2.25 bits per heavy atom. The molecule has 3 nitrogen and oxygen atoms in total. The summed E-state index contributed by atoms with van der Waals surface area (Å²) in [5, 5.41) is 18.8. The molecule has 0 spiro atoms. The molecule has 0 aliphatic carbocycles. The molecule has 4 atom stereocenters. The first-order chi connectivity index (χ1) is 5.49. The first-order valence-electron chi connectivity index (χ1n) is 4.51. The van der Waals surface area contributed by atoms with Gasteiger partial charge in [-0.15, -0.1) is 0 Å². The fourth-order valence-electron chi connectivity index (χ4n) is 1.54. The molecule has 0 aromatic heterocycles. The summed E-state index contributed by atoms with van der Waals surface area (Å²) < 4.78 is 5.23. The van der Waals surface area contributed by atoms with Gasteiger partial charge in [0.2, 0.25) is 0 Å². The molecule has 1 saturated heterocycles. The van der Waals surface area contributed by atoms with Crippen molar-refractivity contribution in [3.8, 4) is 0 Å². The Bertz CT molecular complexity index is 158. The molecule has 12 heavy (non-hydrogen) atoms. The van der Waals surface area contributed by atoms with Gasteiger partial charge in [0.1, 0.15) is 0 Å². The third-order valence-corrected chi connectivity index (χ3v) is 2.91. The Morgan fingerprint density at radius 3 is 2.50 bits per heavy atom. The maximum absolute atomic E-state index is 9.53. The van der Waals surface area contributed by atoms with Crippen molar-refractivity contribution in [2.24, 2.45) is 5.41 Å². The Labute approximate surface area is 73.4 Å². The van der Waals surface area contributed by atoms with Gasteiger partial charge in [-0.25, -0.2) is 0 Å². The third-order valence-electron chi connectivity index (χ3n) is 2.91. The van der Waals surface area contributed by atoms with Gasteiger partial charge in [0.05, 0.1) is 12.2 Å². The van der Waals surface area contributed by atoms with Crippen molar-refractivity contribution in [3.05, 3.63) is 0 Å². The molecule has 1 heterocycles. The highest BCUT2D eigenvalue weighted by atomic mass is 16.6. The lowest BCUT2D eigenvalue weighted by Gasteiger charge is -2.23. The van der Waals surface area contributed by atoms with Gasteiger partial charge in [0, 0.05) is 5.41 Å². The predicted octanol–water partition coefficient (Wildman–Crippen LogP) is 0.891. The Hall–Kier alpha value is -0.120. The zero-order valence-electron chi connectivity index (χ0n) is 7.95. The summed E-state index contributed by atoms with van der Waals surface area (Å²) in [4.78, 5) is 0. The lowest BCUT2D eigenvalue weighted by molar-refractivity contribution is -0.147. The van der Waals surface area contributed by atoms with Crippen LogP contribution in [0.1, 0.15) is 33.6 Å². The normalized spacial score (nSPS) is 44.8. The van der Waals surface area contributed by atoms with Crippen molar-refractivity contribution in [1.29, 1.82) is 0 Å². The molecule has 0 radical (unpaired) electrons. The molecule has 0 aromatic carbocycles. The Morgan fingerprint density at radius 1 is 1.67 bits per heavy atom. The molecule has 0 amide bonds. The number of ether oxygens (including phenoxy) is 1. The van der Waals surface area contributed by atoms with E-state index >= 15 is 0 Å². The molecule has 3 heteroatoms. The monoisotopic (exact) mass is 174 g/mol. The van der Waals surface area contributed by atoms with Gasteiger partial charge in [-0.2, -0.15) is 0 Å². The molecule has 0 bridgehead atoms. The molecule has 4 unspecified atom stereocenters. The van der Waals surface area contributed by atoms with E-state index in [1.165, 1.54) is 0 Å². The molecule has 1 rings (SSSR count). The fraction of sp³-hybridized carbons (Fsp3) is 1.00. The van der Waals surface area contributed by atoms with Crippen molar-refractivity contribution in [2.45, 2.75) is 52.1 Å². The van der Waals surface area contributed by atoms with Crippen molar-refractivity contribution in [3.63, 3.8) is 0 Å². The van der Waals surface area contributed by atoms with Crippen LogP contribution in [0, 0.1) is 5.41 Å². The Kier molecular flexibility index (Phi) is 2.76. The van der Waals surface area contributed by atoms with Crippen LogP contribution in [0.2, 0.25) is 0 Å². The third kappa shape index (κ3) is 1.63. The van der Waals surface area contributed by atoms with E-state index in [2.05, 4.69) is 0 Å². The number of hydrogen-bond donors (Lipinski definition) is 2. The highest BCUT2D eigenvalue weighted by molar-refractivity contribution is 4.88. The Balaban J connectivity index is 2.61. The van der Waals surface area contributed by atoms with E-state index in [4.69, 9.17) is 4.74 Å². The maximum Gasteiger partial charge on any atom is 0.160 e. The summed E-state index contributed by atoms with van der Waals surface area (Å²) in [5.74, 6) is 0. The highest BCUT2D eigenvalue weighted by Crippen LogP contribution is 2.40. The van der Waals surface area contributed by atoms with Gasteiger partial charge in [-0.3, -0.25) is 0 Å². The molecular weight excluding hydrogens is 156 g/mol. The van der Waals surface area contributed by atoms with Crippen LogP contribution < -0.4 is 0 Å². The zero-order valence-corrected chi connectivity index (χ0v) is 7.95. The van der Waals surface area contributed by atoms with Crippen LogP contribution in [0.15, 0.2) is 0 Å². The second-order valence-corrected chi connectivity index (χ2v) is 3.98. The minimum absolute atomic E-state index is 0.179. The lowest BCUT2D eigenvalue weighted by atomic mass is 9.83. The predicted molar refractivity (Wildman–Crippen MR) is 45.6 cm³/mol. The summed E-state index contributed by atoms with van der Waals surface area (Å²) in [7, 11) is 0. The largest absolute Gasteiger partial charge is 0.391 e. The van der Waals surface area contributed by atoms with Crippen LogP contribution >= 0.6 is 0 Å². The number of rotatable bonds is 2. The molecule has 0 aromatic rings. The van der Waals surface area contributed by atoms with Crippen LogP contribution in [0.5, 0.6) is 0 Å². The summed E-state index contributed by atoms with van der Waals surface area (Å²) in [5.41, 5.74) is -0.179. The molecule has 72 valence electrons. The van der Waals surface area contributed by atoms with Gasteiger partial charge in [-0.05, 0) is 19.8 Å².